The van der Waals surface area contributed by atoms with E-state index in [9.17, 15) is 0 Å². The third-order valence-electron chi connectivity index (χ3n) is 2.58. The lowest BCUT2D eigenvalue weighted by Crippen LogP contribution is -2.04. The van der Waals surface area contributed by atoms with Gasteiger partial charge in [-0.05, 0) is 12.0 Å². The maximum atomic E-state index is 5.06. The summed E-state index contributed by atoms with van der Waals surface area (Å²) in [5, 5.41) is 9.02. The Labute approximate surface area is 111 Å². The van der Waals surface area contributed by atoms with E-state index >= 15 is 0 Å². The molecule has 2 rings (SSSR count). The molecule has 1 heterocycles. The lowest BCUT2D eigenvalue weighted by Gasteiger charge is -2.05. The van der Waals surface area contributed by atoms with Crippen molar-refractivity contribution in [1.29, 1.82) is 0 Å². The number of thioether (sulfide) groups is 1. The highest BCUT2D eigenvalue weighted by Crippen LogP contribution is 2.16. The van der Waals surface area contributed by atoms with Gasteiger partial charge in [0.15, 0.2) is 5.16 Å². The molecule has 1 aromatic heterocycles. The number of benzene rings is 1. The first kappa shape index (κ1) is 13.1. The Bertz CT molecular complexity index is 458. The van der Waals surface area contributed by atoms with Gasteiger partial charge in [0.2, 0.25) is 0 Å². The average Bonchev–Trinajstić information content (AvgIpc) is 2.85. The molecule has 96 valence electrons. The molecular weight excluding hydrogens is 246 g/mol. The Morgan fingerprint density at radius 3 is 2.89 bits per heavy atom. The molecule has 0 fully saturated rings. The van der Waals surface area contributed by atoms with Gasteiger partial charge in [0.25, 0.3) is 0 Å². The zero-order valence-corrected chi connectivity index (χ0v) is 11.3. The number of ether oxygens (including phenoxy) is 1. The Kier molecular flexibility index (Phi) is 5.23. The van der Waals surface area contributed by atoms with Crippen molar-refractivity contribution >= 4 is 11.8 Å². The molecule has 0 aliphatic heterocycles. The predicted molar refractivity (Wildman–Crippen MR) is 72.8 cm³/mol. The number of hydrogen-bond acceptors (Lipinski definition) is 4. The molecule has 4 nitrogen and oxygen atoms in total. The molecule has 0 spiro atoms. The van der Waals surface area contributed by atoms with E-state index in [1.165, 1.54) is 5.56 Å². The van der Waals surface area contributed by atoms with Gasteiger partial charge in [0.05, 0.1) is 6.61 Å². The summed E-state index contributed by atoms with van der Waals surface area (Å²) in [6, 6.07) is 10.5. The van der Waals surface area contributed by atoms with Crippen LogP contribution in [0.5, 0.6) is 0 Å². The van der Waals surface area contributed by atoms with Crippen molar-refractivity contribution in [3.63, 3.8) is 0 Å². The molecule has 0 amide bonds. The van der Waals surface area contributed by atoms with Crippen LogP contribution in [0.25, 0.3) is 0 Å². The van der Waals surface area contributed by atoms with Crippen LogP contribution in [-0.2, 0) is 17.7 Å². The summed E-state index contributed by atoms with van der Waals surface area (Å²) >= 11 is 1.73. The lowest BCUT2D eigenvalue weighted by molar-refractivity contribution is 0.184. The van der Waals surface area contributed by atoms with Gasteiger partial charge in [0, 0.05) is 19.4 Å². The van der Waals surface area contributed by atoms with Crippen molar-refractivity contribution in [3.05, 3.63) is 42.2 Å². The molecule has 5 heteroatoms. The van der Waals surface area contributed by atoms with E-state index in [0.717, 1.165) is 23.9 Å². The average molecular weight is 263 g/mol. The Morgan fingerprint density at radius 2 is 2.11 bits per heavy atom. The number of rotatable bonds is 7. The standard InChI is InChI=1S/C13H17N3OS/c1-17-9-8-16-11-14-15-13(16)18-10-7-12-5-3-2-4-6-12/h2-6,11H,7-10H2,1H3. The van der Waals surface area contributed by atoms with Crippen LogP contribution in [-0.4, -0.2) is 34.2 Å². The summed E-state index contributed by atoms with van der Waals surface area (Å²) in [7, 11) is 1.70. The van der Waals surface area contributed by atoms with Gasteiger partial charge in [-0.3, -0.25) is 0 Å². The van der Waals surface area contributed by atoms with Gasteiger partial charge in [-0.25, -0.2) is 0 Å². The van der Waals surface area contributed by atoms with Crippen molar-refractivity contribution in [2.75, 3.05) is 19.5 Å². The molecule has 0 radical (unpaired) electrons. The highest BCUT2D eigenvalue weighted by atomic mass is 32.2. The third kappa shape index (κ3) is 3.85. The molecule has 18 heavy (non-hydrogen) atoms. The maximum absolute atomic E-state index is 5.06. The van der Waals surface area contributed by atoms with Crippen molar-refractivity contribution in [2.24, 2.45) is 0 Å². The largest absolute Gasteiger partial charge is 0.383 e. The van der Waals surface area contributed by atoms with E-state index in [0.29, 0.717) is 6.61 Å². The number of methoxy groups -OCH3 is 1. The molecule has 0 aliphatic carbocycles. The molecule has 0 unspecified atom stereocenters. The van der Waals surface area contributed by atoms with Crippen LogP contribution < -0.4 is 0 Å². The highest BCUT2D eigenvalue weighted by Gasteiger charge is 2.04. The molecule has 1 aromatic carbocycles. The summed E-state index contributed by atoms with van der Waals surface area (Å²) in [5.74, 6) is 1.01. The zero-order chi connectivity index (χ0) is 12.6. The first-order chi connectivity index (χ1) is 8.90. The van der Waals surface area contributed by atoms with Gasteiger partial charge in [-0.15, -0.1) is 10.2 Å². The van der Waals surface area contributed by atoms with Gasteiger partial charge in [0.1, 0.15) is 6.33 Å². The second-order valence-electron chi connectivity index (χ2n) is 3.88. The molecule has 0 aliphatic rings. The SMILES string of the molecule is COCCn1cnnc1SCCc1ccccc1. The van der Waals surface area contributed by atoms with Crippen LogP contribution in [0.4, 0.5) is 0 Å². The molecule has 0 saturated heterocycles. The number of aryl methyl sites for hydroxylation is 1. The van der Waals surface area contributed by atoms with Crippen LogP contribution in [0.1, 0.15) is 5.56 Å². The first-order valence-corrected chi connectivity index (χ1v) is 6.92. The summed E-state index contributed by atoms with van der Waals surface area (Å²) in [6.07, 6.45) is 2.80. The zero-order valence-electron chi connectivity index (χ0n) is 10.5. The van der Waals surface area contributed by atoms with E-state index in [-0.39, 0.29) is 0 Å². The van der Waals surface area contributed by atoms with Gasteiger partial charge >= 0.3 is 0 Å². The normalized spacial score (nSPS) is 10.7. The maximum Gasteiger partial charge on any atom is 0.191 e. The molecule has 0 atom stereocenters. The highest BCUT2D eigenvalue weighted by molar-refractivity contribution is 7.99. The van der Waals surface area contributed by atoms with E-state index in [1.54, 1.807) is 25.2 Å². The fraction of sp³-hybridized carbons (Fsp3) is 0.385. The number of nitrogens with zero attached hydrogens (tertiary/aromatic N) is 3. The van der Waals surface area contributed by atoms with Gasteiger partial charge in [-0.1, -0.05) is 42.1 Å². The summed E-state index contributed by atoms with van der Waals surface area (Å²) < 4.78 is 7.09. The monoisotopic (exact) mass is 263 g/mol. The molecule has 0 bridgehead atoms. The summed E-state index contributed by atoms with van der Waals surface area (Å²) in [4.78, 5) is 0. The lowest BCUT2D eigenvalue weighted by atomic mass is 10.2. The molecular formula is C13H17N3OS. The Hall–Kier alpha value is -1.33. The minimum atomic E-state index is 0.685. The smallest absolute Gasteiger partial charge is 0.191 e. The van der Waals surface area contributed by atoms with Crippen LogP contribution >= 0.6 is 11.8 Å². The molecule has 2 aromatic rings. The van der Waals surface area contributed by atoms with E-state index < -0.39 is 0 Å². The Balaban J connectivity index is 1.81. The minimum absolute atomic E-state index is 0.685. The first-order valence-electron chi connectivity index (χ1n) is 5.93. The quantitative estimate of drug-likeness (QED) is 0.718. The second kappa shape index (κ2) is 7.18. The van der Waals surface area contributed by atoms with Crippen LogP contribution in [0.3, 0.4) is 0 Å². The predicted octanol–water partition coefficient (Wildman–Crippen LogP) is 2.26. The van der Waals surface area contributed by atoms with Crippen LogP contribution in [0.2, 0.25) is 0 Å². The Morgan fingerprint density at radius 1 is 1.28 bits per heavy atom. The van der Waals surface area contributed by atoms with Gasteiger partial charge in [-0.2, -0.15) is 0 Å². The van der Waals surface area contributed by atoms with Crippen molar-refractivity contribution < 1.29 is 4.74 Å². The van der Waals surface area contributed by atoms with Gasteiger partial charge < -0.3 is 9.30 Å². The third-order valence-corrected chi connectivity index (χ3v) is 3.56. The summed E-state index contributed by atoms with van der Waals surface area (Å²) in [6.45, 7) is 1.49. The van der Waals surface area contributed by atoms with Crippen LogP contribution in [0, 0.1) is 0 Å². The molecule has 0 N–H and O–H groups in total. The fourth-order valence-electron chi connectivity index (χ4n) is 1.60. The van der Waals surface area contributed by atoms with Crippen molar-refractivity contribution in [1.82, 2.24) is 14.8 Å². The van der Waals surface area contributed by atoms with E-state index in [2.05, 4.69) is 34.5 Å². The van der Waals surface area contributed by atoms with Crippen LogP contribution in [0.15, 0.2) is 41.8 Å². The van der Waals surface area contributed by atoms with E-state index in [4.69, 9.17) is 4.74 Å². The van der Waals surface area contributed by atoms with Crippen molar-refractivity contribution in [2.45, 2.75) is 18.1 Å². The number of hydrogen-bond donors (Lipinski definition) is 0. The summed E-state index contributed by atoms with van der Waals surface area (Å²) in [5.41, 5.74) is 1.35. The molecule has 0 saturated carbocycles. The number of aromatic nitrogens is 3. The van der Waals surface area contributed by atoms with Crippen molar-refractivity contribution in [3.8, 4) is 0 Å². The fourth-order valence-corrected chi connectivity index (χ4v) is 2.53. The topological polar surface area (TPSA) is 39.9 Å². The second-order valence-corrected chi connectivity index (χ2v) is 4.95. The minimum Gasteiger partial charge on any atom is -0.383 e. The van der Waals surface area contributed by atoms with E-state index in [1.807, 2.05) is 10.6 Å².